The standard InChI is InChI=1S/C18H24N2O3S/c1-12-8-20(9-13(2)23-12)10-14-11-24-18(19-14)16-6-5-15(21-3)7-17(16)22-4/h5-7,11-13H,8-10H2,1-4H3/t12-,13-/m0/s1. The van der Waals surface area contributed by atoms with Crippen LogP contribution in [0.4, 0.5) is 0 Å². The smallest absolute Gasteiger partial charge is 0.132 e. The average molecular weight is 348 g/mol. The molecule has 5 nitrogen and oxygen atoms in total. The first-order valence-corrected chi connectivity index (χ1v) is 9.01. The van der Waals surface area contributed by atoms with E-state index in [9.17, 15) is 0 Å². The lowest BCUT2D eigenvalue weighted by Crippen LogP contribution is -2.44. The van der Waals surface area contributed by atoms with Crippen molar-refractivity contribution in [3.05, 3.63) is 29.3 Å². The van der Waals surface area contributed by atoms with Crippen molar-refractivity contribution in [3.8, 4) is 22.1 Å². The summed E-state index contributed by atoms with van der Waals surface area (Å²) in [6.07, 6.45) is 0.544. The molecule has 130 valence electrons. The van der Waals surface area contributed by atoms with Crippen molar-refractivity contribution in [1.82, 2.24) is 9.88 Å². The minimum Gasteiger partial charge on any atom is -0.497 e. The topological polar surface area (TPSA) is 43.8 Å². The predicted octanol–water partition coefficient (Wildman–Crippen LogP) is 3.44. The Kier molecular flexibility index (Phi) is 5.38. The van der Waals surface area contributed by atoms with Crippen LogP contribution in [0.25, 0.3) is 10.6 Å². The van der Waals surface area contributed by atoms with Crippen LogP contribution in [-0.2, 0) is 11.3 Å². The number of morpholine rings is 1. The molecule has 0 N–H and O–H groups in total. The second kappa shape index (κ2) is 7.51. The Bertz CT molecular complexity index is 679. The van der Waals surface area contributed by atoms with Crippen LogP contribution < -0.4 is 9.47 Å². The van der Waals surface area contributed by atoms with E-state index < -0.39 is 0 Å². The fraction of sp³-hybridized carbons (Fsp3) is 0.500. The highest BCUT2D eigenvalue weighted by atomic mass is 32.1. The molecule has 2 heterocycles. The third-order valence-corrected chi connectivity index (χ3v) is 5.00. The fourth-order valence-corrected chi connectivity index (χ4v) is 3.96. The third-order valence-electron chi connectivity index (χ3n) is 4.07. The summed E-state index contributed by atoms with van der Waals surface area (Å²) in [4.78, 5) is 7.21. The maximum atomic E-state index is 5.79. The highest BCUT2D eigenvalue weighted by molar-refractivity contribution is 7.13. The molecule has 24 heavy (non-hydrogen) atoms. The Labute approximate surface area is 147 Å². The molecule has 1 aliphatic rings. The Morgan fingerprint density at radius 2 is 1.96 bits per heavy atom. The van der Waals surface area contributed by atoms with E-state index in [0.717, 1.165) is 47.4 Å². The number of hydrogen-bond acceptors (Lipinski definition) is 6. The fourth-order valence-electron chi connectivity index (χ4n) is 3.12. The summed E-state index contributed by atoms with van der Waals surface area (Å²) in [6.45, 7) is 6.99. The lowest BCUT2D eigenvalue weighted by molar-refractivity contribution is -0.0707. The van der Waals surface area contributed by atoms with Gasteiger partial charge >= 0.3 is 0 Å². The minimum atomic E-state index is 0.272. The van der Waals surface area contributed by atoms with E-state index in [2.05, 4.69) is 24.1 Å². The largest absolute Gasteiger partial charge is 0.497 e. The van der Waals surface area contributed by atoms with Gasteiger partial charge in [0.15, 0.2) is 0 Å². The van der Waals surface area contributed by atoms with Crippen molar-refractivity contribution in [2.75, 3.05) is 27.3 Å². The molecule has 0 saturated carbocycles. The Morgan fingerprint density at radius 3 is 2.62 bits per heavy atom. The number of hydrogen-bond donors (Lipinski definition) is 0. The summed E-state index contributed by atoms with van der Waals surface area (Å²) in [6, 6.07) is 5.82. The molecule has 6 heteroatoms. The number of methoxy groups -OCH3 is 2. The van der Waals surface area contributed by atoms with Crippen LogP contribution in [0, 0.1) is 0 Å². The van der Waals surface area contributed by atoms with E-state index in [1.165, 1.54) is 0 Å². The molecule has 0 unspecified atom stereocenters. The van der Waals surface area contributed by atoms with Crippen molar-refractivity contribution in [1.29, 1.82) is 0 Å². The summed E-state index contributed by atoms with van der Waals surface area (Å²) < 4.78 is 16.5. The van der Waals surface area contributed by atoms with Gasteiger partial charge in [-0.25, -0.2) is 4.98 Å². The van der Waals surface area contributed by atoms with E-state index in [-0.39, 0.29) is 12.2 Å². The van der Waals surface area contributed by atoms with Crippen LogP contribution in [0.2, 0.25) is 0 Å². The monoisotopic (exact) mass is 348 g/mol. The van der Waals surface area contributed by atoms with Crippen LogP contribution >= 0.6 is 11.3 Å². The number of nitrogens with zero attached hydrogens (tertiary/aromatic N) is 2. The van der Waals surface area contributed by atoms with E-state index >= 15 is 0 Å². The first-order chi connectivity index (χ1) is 11.6. The van der Waals surface area contributed by atoms with Gasteiger partial charge in [0.05, 0.1) is 37.7 Å². The molecule has 3 rings (SSSR count). The van der Waals surface area contributed by atoms with Crippen molar-refractivity contribution >= 4 is 11.3 Å². The molecule has 1 aliphatic heterocycles. The molecule has 0 radical (unpaired) electrons. The zero-order valence-corrected chi connectivity index (χ0v) is 15.4. The van der Waals surface area contributed by atoms with E-state index in [0.29, 0.717) is 0 Å². The average Bonchev–Trinajstić information content (AvgIpc) is 3.01. The molecule has 0 spiro atoms. The number of thiazole rings is 1. The molecule has 2 aromatic rings. The lowest BCUT2D eigenvalue weighted by Gasteiger charge is -2.34. The highest BCUT2D eigenvalue weighted by Crippen LogP contribution is 2.35. The summed E-state index contributed by atoms with van der Waals surface area (Å²) in [5.74, 6) is 1.56. The van der Waals surface area contributed by atoms with Crippen molar-refractivity contribution < 1.29 is 14.2 Å². The van der Waals surface area contributed by atoms with E-state index in [1.54, 1.807) is 25.6 Å². The lowest BCUT2D eigenvalue weighted by atomic mass is 10.2. The van der Waals surface area contributed by atoms with Gasteiger partial charge in [0.2, 0.25) is 0 Å². The first kappa shape index (κ1) is 17.2. The number of aromatic nitrogens is 1. The van der Waals surface area contributed by atoms with Crippen LogP contribution in [0.15, 0.2) is 23.6 Å². The van der Waals surface area contributed by atoms with Crippen LogP contribution in [0.3, 0.4) is 0 Å². The summed E-state index contributed by atoms with van der Waals surface area (Å²) >= 11 is 1.65. The summed E-state index contributed by atoms with van der Waals surface area (Å²) in [5.41, 5.74) is 2.09. The number of ether oxygens (including phenoxy) is 3. The molecule has 1 fully saturated rings. The van der Waals surface area contributed by atoms with Gasteiger partial charge in [-0.3, -0.25) is 4.90 Å². The molecule has 0 aliphatic carbocycles. The highest BCUT2D eigenvalue weighted by Gasteiger charge is 2.23. The van der Waals surface area contributed by atoms with E-state index in [4.69, 9.17) is 19.2 Å². The van der Waals surface area contributed by atoms with Gasteiger partial charge in [0, 0.05) is 31.1 Å². The quantitative estimate of drug-likeness (QED) is 0.828. The van der Waals surface area contributed by atoms with Crippen LogP contribution in [0.5, 0.6) is 11.5 Å². The third kappa shape index (κ3) is 3.88. The Morgan fingerprint density at radius 1 is 1.21 bits per heavy atom. The Balaban J connectivity index is 1.76. The SMILES string of the molecule is COc1ccc(-c2nc(CN3C[C@H](C)O[C@@H](C)C3)cs2)c(OC)c1. The van der Waals surface area contributed by atoms with Crippen molar-refractivity contribution in [2.45, 2.75) is 32.6 Å². The Hall–Kier alpha value is -1.63. The molecule has 0 bridgehead atoms. The molecule has 1 aromatic heterocycles. The first-order valence-electron chi connectivity index (χ1n) is 8.13. The molecule has 0 amide bonds. The van der Waals surface area contributed by atoms with Crippen molar-refractivity contribution in [2.24, 2.45) is 0 Å². The number of benzene rings is 1. The minimum absolute atomic E-state index is 0.272. The van der Waals surface area contributed by atoms with Crippen LogP contribution in [0.1, 0.15) is 19.5 Å². The summed E-state index contributed by atoms with van der Waals surface area (Å²) in [7, 11) is 3.32. The molecular formula is C18H24N2O3S. The van der Waals surface area contributed by atoms with Gasteiger partial charge in [-0.05, 0) is 26.0 Å². The molecule has 1 saturated heterocycles. The number of rotatable bonds is 5. The van der Waals surface area contributed by atoms with Gasteiger partial charge in [-0.1, -0.05) is 0 Å². The van der Waals surface area contributed by atoms with Gasteiger partial charge < -0.3 is 14.2 Å². The zero-order chi connectivity index (χ0) is 17.1. The van der Waals surface area contributed by atoms with Gasteiger partial charge in [0.1, 0.15) is 16.5 Å². The van der Waals surface area contributed by atoms with Gasteiger partial charge in [-0.2, -0.15) is 0 Å². The van der Waals surface area contributed by atoms with E-state index in [1.807, 2.05) is 18.2 Å². The molecular weight excluding hydrogens is 324 g/mol. The molecule has 2 atom stereocenters. The second-order valence-corrected chi connectivity index (χ2v) is 7.02. The maximum absolute atomic E-state index is 5.79. The van der Waals surface area contributed by atoms with Crippen LogP contribution in [-0.4, -0.2) is 49.4 Å². The predicted molar refractivity (Wildman–Crippen MR) is 95.9 cm³/mol. The zero-order valence-electron chi connectivity index (χ0n) is 14.6. The van der Waals surface area contributed by atoms with Gasteiger partial charge in [0.25, 0.3) is 0 Å². The summed E-state index contributed by atoms with van der Waals surface area (Å²) in [5, 5.41) is 3.10. The normalized spacial score (nSPS) is 21.7. The second-order valence-electron chi connectivity index (χ2n) is 6.16. The van der Waals surface area contributed by atoms with Gasteiger partial charge in [-0.15, -0.1) is 11.3 Å². The molecule has 1 aromatic carbocycles. The van der Waals surface area contributed by atoms with Crippen molar-refractivity contribution in [3.63, 3.8) is 0 Å². The maximum Gasteiger partial charge on any atom is 0.132 e.